The topological polar surface area (TPSA) is 28.2 Å². The Morgan fingerprint density at radius 1 is 0.833 bits per heavy atom. The summed E-state index contributed by atoms with van der Waals surface area (Å²) in [5.74, 6) is 0. The molecule has 0 amide bonds. The molecule has 0 aliphatic carbocycles. The number of anilines is 1. The molecule has 1 saturated heterocycles. The van der Waals surface area contributed by atoms with Gasteiger partial charge in [-0.05, 0) is 18.5 Å². The van der Waals surface area contributed by atoms with Crippen molar-refractivity contribution in [2.24, 2.45) is 0 Å². The molecule has 0 saturated carbocycles. The van der Waals surface area contributed by atoms with Crippen LogP contribution in [-0.4, -0.2) is 31.2 Å². The van der Waals surface area contributed by atoms with Gasteiger partial charge >= 0.3 is 0 Å². The number of aromatic nitrogens is 1. The predicted molar refractivity (Wildman–Crippen MR) is 103 cm³/mol. The summed E-state index contributed by atoms with van der Waals surface area (Å²) in [6.07, 6.45) is 1.17. The normalized spacial score (nSPS) is 15.2. The van der Waals surface area contributed by atoms with Gasteiger partial charge in [-0.3, -0.25) is 0 Å². The number of benzene rings is 2. The Bertz CT molecular complexity index is 718. The third-order valence-corrected chi connectivity index (χ3v) is 5.47. The number of hydrogen-bond acceptors (Lipinski definition) is 4. The summed E-state index contributed by atoms with van der Waals surface area (Å²) in [5, 5.41) is 4.60. The van der Waals surface area contributed by atoms with E-state index in [1.807, 2.05) is 11.3 Å². The lowest BCUT2D eigenvalue weighted by atomic mass is 10.1. The van der Waals surface area contributed by atoms with Gasteiger partial charge < -0.3 is 10.2 Å². The quantitative estimate of drug-likeness (QED) is 0.774. The lowest BCUT2D eigenvalue weighted by Crippen LogP contribution is -2.27. The Kier molecular flexibility index (Phi) is 4.58. The van der Waals surface area contributed by atoms with E-state index in [2.05, 4.69) is 70.9 Å². The van der Waals surface area contributed by atoms with Crippen LogP contribution in [0.2, 0.25) is 0 Å². The minimum absolute atomic E-state index is 1.02. The van der Waals surface area contributed by atoms with Crippen molar-refractivity contribution in [3.8, 4) is 21.7 Å². The highest BCUT2D eigenvalue weighted by molar-refractivity contribution is 7.19. The molecule has 2 heterocycles. The number of hydrogen-bond donors (Lipinski definition) is 1. The van der Waals surface area contributed by atoms with Crippen molar-refractivity contribution in [2.45, 2.75) is 6.42 Å². The lowest BCUT2D eigenvalue weighted by molar-refractivity contribution is 0.724. The summed E-state index contributed by atoms with van der Waals surface area (Å²) in [6.45, 7) is 4.22. The van der Waals surface area contributed by atoms with Gasteiger partial charge in [0.2, 0.25) is 0 Å². The van der Waals surface area contributed by atoms with Crippen molar-refractivity contribution in [3.63, 3.8) is 0 Å². The highest BCUT2D eigenvalue weighted by Gasteiger charge is 2.19. The lowest BCUT2D eigenvalue weighted by Gasteiger charge is -2.18. The van der Waals surface area contributed by atoms with Gasteiger partial charge in [0.05, 0.1) is 10.6 Å². The van der Waals surface area contributed by atoms with Crippen LogP contribution in [0.25, 0.3) is 21.7 Å². The van der Waals surface area contributed by atoms with Gasteiger partial charge in [-0.25, -0.2) is 4.98 Å². The van der Waals surface area contributed by atoms with Crippen LogP contribution in [0.4, 0.5) is 5.13 Å². The molecule has 1 aromatic heterocycles. The average molecular weight is 335 g/mol. The second-order valence-corrected chi connectivity index (χ2v) is 6.97. The zero-order valence-electron chi connectivity index (χ0n) is 13.6. The summed E-state index contributed by atoms with van der Waals surface area (Å²) in [6, 6.07) is 21.1. The van der Waals surface area contributed by atoms with E-state index in [4.69, 9.17) is 4.98 Å². The van der Waals surface area contributed by atoms with Gasteiger partial charge in [0.15, 0.2) is 5.13 Å². The first-order valence-electron chi connectivity index (χ1n) is 8.49. The average Bonchev–Trinajstić information content (AvgIpc) is 2.91. The first-order valence-corrected chi connectivity index (χ1v) is 9.31. The molecule has 0 spiro atoms. The monoisotopic (exact) mass is 335 g/mol. The summed E-state index contributed by atoms with van der Waals surface area (Å²) < 4.78 is 0. The molecule has 2 aromatic carbocycles. The molecule has 24 heavy (non-hydrogen) atoms. The molecule has 1 aliphatic heterocycles. The van der Waals surface area contributed by atoms with Crippen LogP contribution in [0, 0.1) is 0 Å². The fourth-order valence-corrected chi connectivity index (χ4v) is 4.20. The van der Waals surface area contributed by atoms with Crippen LogP contribution in [0.5, 0.6) is 0 Å². The molecule has 4 rings (SSSR count). The number of nitrogens with zero attached hydrogens (tertiary/aromatic N) is 2. The van der Waals surface area contributed by atoms with Crippen LogP contribution in [0.15, 0.2) is 60.7 Å². The summed E-state index contributed by atoms with van der Waals surface area (Å²) >= 11 is 1.81. The largest absolute Gasteiger partial charge is 0.347 e. The van der Waals surface area contributed by atoms with Gasteiger partial charge in [0.1, 0.15) is 0 Å². The second-order valence-electron chi connectivity index (χ2n) is 6.00. The van der Waals surface area contributed by atoms with E-state index >= 15 is 0 Å². The highest BCUT2D eigenvalue weighted by atomic mass is 32.1. The standard InChI is InChI=1S/C20H21N3S/c1-3-8-16(9-4-1)18-19(17-10-5-2-6-11-17)24-20(22-18)23-14-7-12-21-13-15-23/h1-6,8-11,21H,7,12-15H2. The van der Waals surface area contributed by atoms with Crippen LogP contribution in [-0.2, 0) is 0 Å². The maximum absolute atomic E-state index is 5.04. The Labute approximate surface area is 147 Å². The molecule has 3 aromatic rings. The van der Waals surface area contributed by atoms with Gasteiger partial charge in [0.25, 0.3) is 0 Å². The predicted octanol–water partition coefficient (Wildman–Crippen LogP) is 4.28. The second kappa shape index (κ2) is 7.16. The summed E-state index contributed by atoms with van der Waals surface area (Å²) in [4.78, 5) is 8.72. The Morgan fingerprint density at radius 3 is 2.29 bits per heavy atom. The van der Waals surface area contributed by atoms with E-state index in [0.717, 1.165) is 37.0 Å². The molecule has 4 heteroatoms. The van der Waals surface area contributed by atoms with E-state index in [1.165, 1.54) is 22.4 Å². The van der Waals surface area contributed by atoms with E-state index in [0.29, 0.717) is 0 Å². The first kappa shape index (κ1) is 15.4. The van der Waals surface area contributed by atoms with E-state index < -0.39 is 0 Å². The molecule has 1 aliphatic rings. The third kappa shape index (κ3) is 3.21. The van der Waals surface area contributed by atoms with Crippen molar-refractivity contribution in [1.29, 1.82) is 0 Å². The number of thiazole rings is 1. The van der Waals surface area contributed by atoms with Gasteiger partial charge in [-0.1, -0.05) is 72.0 Å². The Hall–Kier alpha value is -2.17. The molecule has 0 radical (unpaired) electrons. The van der Waals surface area contributed by atoms with E-state index in [-0.39, 0.29) is 0 Å². The Morgan fingerprint density at radius 2 is 1.54 bits per heavy atom. The van der Waals surface area contributed by atoms with E-state index in [9.17, 15) is 0 Å². The SMILES string of the molecule is c1ccc(-c2nc(N3CCCNCC3)sc2-c2ccccc2)cc1. The van der Waals surface area contributed by atoms with Crippen molar-refractivity contribution in [3.05, 3.63) is 60.7 Å². The minimum atomic E-state index is 1.02. The zero-order valence-corrected chi connectivity index (χ0v) is 14.4. The molecule has 0 atom stereocenters. The molecular formula is C20H21N3S. The van der Waals surface area contributed by atoms with Crippen LogP contribution < -0.4 is 10.2 Å². The van der Waals surface area contributed by atoms with Crippen LogP contribution >= 0.6 is 11.3 Å². The van der Waals surface area contributed by atoms with Gasteiger partial charge in [0, 0.05) is 25.2 Å². The van der Waals surface area contributed by atoms with Crippen molar-refractivity contribution >= 4 is 16.5 Å². The minimum Gasteiger partial charge on any atom is -0.347 e. The summed E-state index contributed by atoms with van der Waals surface area (Å²) in [5.41, 5.74) is 3.53. The molecule has 3 nitrogen and oxygen atoms in total. The highest BCUT2D eigenvalue weighted by Crippen LogP contribution is 2.40. The third-order valence-electron chi connectivity index (χ3n) is 4.31. The maximum atomic E-state index is 5.04. The molecular weight excluding hydrogens is 314 g/mol. The molecule has 0 bridgehead atoms. The van der Waals surface area contributed by atoms with Crippen molar-refractivity contribution in [1.82, 2.24) is 10.3 Å². The van der Waals surface area contributed by atoms with Crippen LogP contribution in [0.1, 0.15) is 6.42 Å². The van der Waals surface area contributed by atoms with Crippen molar-refractivity contribution in [2.75, 3.05) is 31.1 Å². The van der Waals surface area contributed by atoms with E-state index in [1.54, 1.807) is 0 Å². The van der Waals surface area contributed by atoms with Crippen LogP contribution in [0.3, 0.4) is 0 Å². The molecule has 1 N–H and O–H groups in total. The zero-order chi connectivity index (χ0) is 16.2. The van der Waals surface area contributed by atoms with Gasteiger partial charge in [-0.15, -0.1) is 0 Å². The fourth-order valence-electron chi connectivity index (χ4n) is 3.06. The number of rotatable bonds is 3. The molecule has 122 valence electrons. The first-order chi connectivity index (χ1) is 11.9. The summed E-state index contributed by atoms with van der Waals surface area (Å²) in [7, 11) is 0. The fraction of sp³-hybridized carbons (Fsp3) is 0.250. The van der Waals surface area contributed by atoms with Crippen molar-refractivity contribution < 1.29 is 0 Å². The maximum Gasteiger partial charge on any atom is 0.186 e. The number of nitrogens with one attached hydrogen (secondary N) is 1. The smallest absolute Gasteiger partial charge is 0.186 e. The molecule has 1 fully saturated rings. The Balaban J connectivity index is 1.79. The molecule has 0 unspecified atom stereocenters. The van der Waals surface area contributed by atoms with Gasteiger partial charge in [-0.2, -0.15) is 0 Å².